The molecule has 1 atom stereocenters. The molecule has 1 aliphatic rings. The van der Waals surface area contributed by atoms with Crippen molar-refractivity contribution in [2.45, 2.75) is 45.2 Å². The Morgan fingerprint density at radius 1 is 1.38 bits per heavy atom. The highest BCUT2D eigenvalue weighted by Gasteiger charge is 2.23. The number of amides is 1. The number of rotatable bonds is 7. The highest BCUT2D eigenvalue weighted by atomic mass is 16.5. The SMILES string of the molecule is COc1ccc(CN2CCCC[C@@H]2CCNC(C)=O)cc1C(=O)O. The zero-order chi connectivity index (χ0) is 17.5. The van der Waals surface area contributed by atoms with E-state index in [4.69, 9.17) is 4.74 Å². The second-order valence-electron chi connectivity index (χ2n) is 6.23. The fourth-order valence-corrected chi connectivity index (χ4v) is 3.27. The van der Waals surface area contributed by atoms with Crippen molar-refractivity contribution in [3.63, 3.8) is 0 Å². The lowest BCUT2D eigenvalue weighted by atomic mass is 9.98. The topological polar surface area (TPSA) is 78.9 Å². The number of carbonyl (C=O) groups excluding carboxylic acids is 1. The molecule has 0 saturated carbocycles. The Hall–Kier alpha value is -2.08. The number of nitrogens with zero attached hydrogens (tertiary/aromatic N) is 1. The molecule has 2 rings (SSSR count). The average Bonchev–Trinajstić information content (AvgIpc) is 2.56. The fraction of sp³-hybridized carbons (Fsp3) is 0.556. The van der Waals surface area contributed by atoms with Gasteiger partial charge in [-0.2, -0.15) is 0 Å². The Labute approximate surface area is 142 Å². The number of carboxylic acids is 1. The number of aromatic carboxylic acids is 1. The van der Waals surface area contributed by atoms with Crippen molar-refractivity contribution in [2.24, 2.45) is 0 Å². The van der Waals surface area contributed by atoms with Gasteiger partial charge in [0, 0.05) is 26.1 Å². The second-order valence-corrected chi connectivity index (χ2v) is 6.23. The predicted molar refractivity (Wildman–Crippen MR) is 91.3 cm³/mol. The van der Waals surface area contributed by atoms with Gasteiger partial charge in [-0.05, 0) is 43.5 Å². The molecule has 6 nitrogen and oxygen atoms in total. The number of carboxylic acid groups (broad SMARTS) is 1. The van der Waals surface area contributed by atoms with Gasteiger partial charge < -0.3 is 15.2 Å². The molecule has 0 aliphatic carbocycles. The molecular weight excluding hydrogens is 308 g/mol. The highest BCUT2D eigenvalue weighted by molar-refractivity contribution is 5.91. The van der Waals surface area contributed by atoms with Crippen molar-refractivity contribution in [1.82, 2.24) is 10.2 Å². The maximum absolute atomic E-state index is 11.4. The number of methoxy groups -OCH3 is 1. The summed E-state index contributed by atoms with van der Waals surface area (Å²) < 4.78 is 5.11. The molecule has 132 valence electrons. The largest absolute Gasteiger partial charge is 0.496 e. The van der Waals surface area contributed by atoms with Gasteiger partial charge in [-0.15, -0.1) is 0 Å². The molecule has 1 fully saturated rings. The van der Waals surface area contributed by atoms with E-state index in [-0.39, 0.29) is 11.5 Å². The summed E-state index contributed by atoms with van der Waals surface area (Å²) in [4.78, 5) is 24.8. The van der Waals surface area contributed by atoms with E-state index in [1.165, 1.54) is 20.5 Å². The second kappa shape index (κ2) is 8.68. The first-order valence-corrected chi connectivity index (χ1v) is 8.40. The summed E-state index contributed by atoms with van der Waals surface area (Å²) in [5.41, 5.74) is 1.17. The minimum atomic E-state index is -0.977. The number of benzene rings is 1. The molecule has 0 unspecified atom stereocenters. The van der Waals surface area contributed by atoms with Crippen molar-refractivity contribution < 1.29 is 19.4 Å². The highest BCUT2D eigenvalue weighted by Crippen LogP contribution is 2.25. The summed E-state index contributed by atoms with van der Waals surface area (Å²) in [5.74, 6) is -0.597. The van der Waals surface area contributed by atoms with Crippen molar-refractivity contribution >= 4 is 11.9 Å². The molecule has 1 aromatic carbocycles. The average molecular weight is 334 g/mol. The summed E-state index contributed by atoms with van der Waals surface area (Å²) in [6, 6.07) is 5.75. The third-order valence-corrected chi connectivity index (χ3v) is 4.48. The Kier molecular flexibility index (Phi) is 6.61. The molecule has 0 aromatic heterocycles. The number of carbonyl (C=O) groups is 2. The van der Waals surface area contributed by atoms with E-state index >= 15 is 0 Å². The number of hydrogen-bond acceptors (Lipinski definition) is 4. The lowest BCUT2D eigenvalue weighted by Gasteiger charge is -2.36. The Morgan fingerprint density at radius 3 is 2.83 bits per heavy atom. The van der Waals surface area contributed by atoms with Gasteiger partial charge in [-0.25, -0.2) is 4.79 Å². The number of nitrogens with one attached hydrogen (secondary N) is 1. The maximum Gasteiger partial charge on any atom is 0.339 e. The van der Waals surface area contributed by atoms with Gasteiger partial charge in [-0.1, -0.05) is 12.5 Å². The first-order chi connectivity index (χ1) is 11.5. The molecule has 1 heterocycles. The van der Waals surface area contributed by atoms with E-state index in [9.17, 15) is 14.7 Å². The van der Waals surface area contributed by atoms with Crippen LogP contribution in [0.4, 0.5) is 0 Å². The summed E-state index contributed by atoms with van der Waals surface area (Å²) in [5, 5.41) is 12.2. The monoisotopic (exact) mass is 334 g/mol. The first kappa shape index (κ1) is 18.3. The molecule has 1 saturated heterocycles. The maximum atomic E-state index is 11.4. The molecular formula is C18H26N2O4. The quantitative estimate of drug-likeness (QED) is 0.800. The van der Waals surface area contributed by atoms with Crippen LogP contribution in [-0.4, -0.2) is 48.1 Å². The van der Waals surface area contributed by atoms with Crippen molar-refractivity contribution in [3.05, 3.63) is 29.3 Å². The molecule has 1 aromatic rings. The lowest BCUT2D eigenvalue weighted by molar-refractivity contribution is -0.119. The van der Waals surface area contributed by atoms with Crippen LogP contribution in [0.2, 0.25) is 0 Å². The van der Waals surface area contributed by atoms with Crippen LogP contribution in [0.25, 0.3) is 0 Å². The zero-order valence-corrected chi connectivity index (χ0v) is 14.4. The number of ether oxygens (including phenoxy) is 1. The Balaban J connectivity index is 2.05. The van der Waals surface area contributed by atoms with E-state index in [1.807, 2.05) is 6.07 Å². The van der Waals surface area contributed by atoms with Gasteiger partial charge in [0.15, 0.2) is 0 Å². The van der Waals surface area contributed by atoms with Crippen LogP contribution in [0.3, 0.4) is 0 Å². The third kappa shape index (κ3) is 4.96. The zero-order valence-electron chi connectivity index (χ0n) is 14.4. The van der Waals surface area contributed by atoms with Gasteiger partial charge in [0.2, 0.25) is 5.91 Å². The van der Waals surface area contributed by atoms with E-state index in [0.29, 0.717) is 18.3 Å². The lowest BCUT2D eigenvalue weighted by Crippen LogP contribution is -2.41. The van der Waals surface area contributed by atoms with Crippen LogP contribution in [0.1, 0.15) is 48.5 Å². The Morgan fingerprint density at radius 2 is 2.17 bits per heavy atom. The van der Waals surface area contributed by atoms with Gasteiger partial charge in [-0.3, -0.25) is 9.69 Å². The summed E-state index contributed by atoms with van der Waals surface area (Å²) in [7, 11) is 1.48. The summed E-state index contributed by atoms with van der Waals surface area (Å²) in [6.45, 7) is 3.93. The van der Waals surface area contributed by atoms with Crippen LogP contribution in [0, 0.1) is 0 Å². The molecule has 1 amide bonds. The summed E-state index contributed by atoms with van der Waals surface area (Å²) >= 11 is 0. The van der Waals surface area contributed by atoms with Crippen LogP contribution < -0.4 is 10.1 Å². The number of likely N-dealkylation sites (tertiary alicyclic amines) is 1. The van der Waals surface area contributed by atoms with E-state index < -0.39 is 5.97 Å². The normalized spacial score (nSPS) is 18.2. The van der Waals surface area contributed by atoms with Crippen molar-refractivity contribution in [1.29, 1.82) is 0 Å². The number of hydrogen-bond donors (Lipinski definition) is 2. The van der Waals surface area contributed by atoms with Gasteiger partial charge in [0.05, 0.1) is 7.11 Å². The van der Waals surface area contributed by atoms with Crippen LogP contribution >= 0.6 is 0 Å². The number of piperidine rings is 1. The first-order valence-electron chi connectivity index (χ1n) is 8.40. The Bertz CT molecular complexity index is 588. The minimum Gasteiger partial charge on any atom is -0.496 e. The van der Waals surface area contributed by atoms with Crippen LogP contribution in [0.15, 0.2) is 18.2 Å². The molecule has 2 N–H and O–H groups in total. The van der Waals surface area contributed by atoms with Crippen molar-refractivity contribution in [2.75, 3.05) is 20.2 Å². The van der Waals surface area contributed by atoms with Crippen molar-refractivity contribution in [3.8, 4) is 5.75 Å². The molecule has 0 radical (unpaired) electrons. The molecule has 0 spiro atoms. The van der Waals surface area contributed by atoms with Crippen LogP contribution in [-0.2, 0) is 11.3 Å². The summed E-state index contributed by atoms with van der Waals surface area (Å²) in [6.07, 6.45) is 4.38. The fourth-order valence-electron chi connectivity index (χ4n) is 3.27. The van der Waals surface area contributed by atoms with Crippen LogP contribution in [0.5, 0.6) is 5.75 Å². The molecule has 1 aliphatic heterocycles. The minimum absolute atomic E-state index is 0.00128. The van der Waals surface area contributed by atoms with E-state index in [1.54, 1.807) is 12.1 Å². The van der Waals surface area contributed by atoms with Gasteiger partial charge in [0.1, 0.15) is 11.3 Å². The molecule has 24 heavy (non-hydrogen) atoms. The molecule has 6 heteroatoms. The third-order valence-electron chi connectivity index (χ3n) is 4.48. The van der Waals surface area contributed by atoms with Gasteiger partial charge >= 0.3 is 5.97 Å². The standard InChI is InChI=1S/C18H26N2O4/c1-13(21)19-9-8-15-5-3-4-10-20(15)12-14-6-7-17(24-2)16(11-14)18(22)23/h6-7,11,15H,3-5,8-10,12H2,1-2H3,(H,19,21)(H,22,23)/t15-/m1/s1. The predicted octanol–water partition coefficient (Wildman–Crippen LogP) is 2.27. The molecule has 0 bridgehead atoms. The smallest absolute Gasteiger partial charge is 0.339 e. The van der Waals surface area contributed by atoms with Gasteiger partial charge in [0.25, 0.3) is 0 Å². The van der Waals surface area contributed by atoms with E-state index in [0.717, 1.165) is 37.9 Å². The van der Waals surface area contributed by atoms with E-state index in [2.05, 4.69) is 10.2 Å².